The molecule has 1 aromatic heterocycles. The van der Waals surface area contributed by atoms with Gasteiger partial charge >= 0.3 is 5.97 Å². The molecule has 1 aliphatic rings. The third kappa shape index (κ3) is 3.00. The molecule has 0 atom stereocenters. The van der Waals surface area contributed by atoms with Gasteiger partial charge in [0.25, 0.3) is 0 Å². The number of aryl methyl sites for hydroxylation is 1. The van der Waals surface area contributed by atoms with E-state index in [9.17, 15) is 4.79 Å². The summed E-state index contributed by atoms with van der Waals surface area (Å²) in [6.45, 7) is 5.60. The Morgan fingerprint density at radius 3 is 2.41 bits per heavy atom. The second-order valence-electron chi connectivity index (χ2n) is 5.38. The first-order valence-electron chi connectivity index (χ1n) is 7.25. The van der Waals surface area contributed by atoms with Crippen LogP contribution < -0.4 is 9.80 Å². The number of aromatic nitrogens is 2. The maximum atomic E-state index is 10.8. The SMILES string of the molecule is Cc1cccc(N2CCN(c3cnc(C(=O)O)cn3)CC2)c1. The molecule has 0 aliphatic carbocycles. The van der Waals surface area contributed by atoms with Crippen LogP contribution in [0.5, 0.6) is 0 Å². The average molecular weight is 298 g/mol. The Morgan fingerprint density at radius 2 is 1.82 bits per heavy atom. The minimum atomic E-state index is -1.05. The van der Waals surface area contributed by atoms with E-state index in [-0.39, 0.29) is 5.69 Å². The van der Waals surface area contributed by atoms with Crippen LogP contribution in [0, 0.1) is 6.92 Å². The number of piperazine rings is 1. The van der Waals surface area contributed by atoms with Crippen molar-refractivity contribution in [3.05, 3.63) is 47.9 Å². The predicted octanol–water partition coefficient (Wildman–Crippen LogP) is 1.81. The van der Waals surface area contributed by atoms with Crippen molar-refractivity contribution in [1.29, 1.82) is 0 Å². The van der Waals surface area contributed by atoms with Crippen LogP contribution in [0.1, 0.15) is 16.1 Å². The topological polar surface area (TPSA) is 69.6 Å². The lowest BCUT2D eigenvalue weighted by Gasteiger charge is -2.36. The Morgan fingerprint density at radius 1 is 1.09 bits per heavy atom. The number of aromatic carboxylic acids is 1. The molecule has 22 heavy (non-hydrogen) atoms. The van der Waals surface area contributed by atoms with Crippen molar-refractivity contribution in [3.8, 4) is 0 Å². The summed E-state index contributed by atoms with van der Waals surface area (Å²) in [7, 11) is 0. The van der Waals surface area contributed by atoms with E-state index in [2.05, 4.69) is 51.0 Å². The molecular formula is C16H18N4O2. The van der Waals surface area contributed by atoms with E-state index in [0.29, 0.717) is 0 Å². The summed E-state index contributed by atoms with van der Waals surface area (Å²) in [5.41, 5.74) is 2.48. The number of hydrogen-bond acceptors (Lipinski definition) is 5. The second-order valence-corrected chi connectivity index (χ2v) is 5.38. The van der Waals surface area contributed by atoms with Gasteiger partial charge < -0.3 is 14.9 Å². The molecule has 2 heterocycles. The van der Waals surface area contributed by atoms with Gasteiger partial charge in [-0.2, -0.15) is 0 Å². The monoisotopic (exact) mass is 298 g/mol. The molecule has 1 aromatic carbocycles. The molecule has 1 fully saturated rings. The lowest BCUT2D eigenvalue weighted by molar-refractivity contribution is 0.0690. The minimum absolute atomic E-state index is 0.0258. The largest absolute Gasteiger partial charge is 0.476 e. The molecule has 1 saturated heterocycles. The standard InChI is InChI=1S/C16H18N4O2/c1-12-3-2-4-13(9-12)19-5-7-20(8-6-19)15-11-17-14(10-18-15)16(21)22/h2-4,9-11H,5-8H2,1H3,(H,21,22). The quantitative estimate of drug-likeness (QED) is 0.932. The summed E-state index contributed by atoms with van der Waals surface area (Å²) in [6, 6.07) is 8.49. The van der Waals surface area contributed by atoms with E-state index in [1.54, 1.807) is 0 Å². The summed E-state index contributed by atoms with van der Waals surface area (Å²) in [6.07, 6.45) is 2.84. The Hall–Kier alpha value is -2.63. The second kappa shape index (κ2) is 6.01. The van der Waals surface area contributed by atoms with Crippen LogP contribution in [0.4, 0.5) is 11.5 Å². The number of rotatable bonds is 3. The fourth-order valence-electron chi connectivity index (χ4n) is 2.61. The number of benzene rings is 1. The lowest BCUT2D eigenvalue weighted by atomic mass is 10.2. The number of carbonyl (C=O) groups is 1. The summed E-state index contributed by atoms with van der Waals surface area (Å²) in [4.78, 5) is 23.4. The average Bonchev–Trinajstić information content (AvgIpc) is 2.55. The van der Waals surface area contributed by atoms with Crippen LogP contribution in [0.2, 0.25) is 0 Å². The van der Waals surface area contributed by atoms with Gasteiger partial charge in [-0.15, -0.1) is 0 Å². The van der Waals surface area contributed by atoms with Gasteiger partial charge in [-0.05, 0) is 24.6 Å². The van der Waals surface area contributed by atoms with Gasteiger partial charge in [-0.1, -0.05) is 12.1 Å². The molecule has 0 bridgehead atoms. The molecule has 114 valence electrons. The van der Waals surface area contributed by atoms with Gasteiger partial charge in [-0.3, -0.25) is 0 Å². The van der Waals surface area contributed by atoms with Crippen LogP contribution in [-0.2, 0) is 0 Å². The van der Waals surface area contributed by atoms with Crippen LogP contribution in [0.3, 0.4) is 0 Å². The minimum Gasteiger partial charge on any atom is -0.476 e. The number of nitrogens with zero attached hydrogens (tertiary/aromatic N) is 4. The lowest BCUT2D eigenvalue weighted by Crippen LogP contribution is -2.46. The summed E-state index contributed by atoms with van der Waals surface area (Å²) in [5.74, 6) is -0.322. The molecule has 1 N–H and O–H groups in total. The van der Waals surface area contributed by atoms with E-state index in [1.807, 2.05) is 0 Å². The highest BCUT2D eigenvalue weighted by Crippen LogP contribution is 2.19. The van der Waals surface area contributed by atoms with E-state index in [1.165, 1.54) is 23.6 Å². The Kier molecular flexibility index (Phi) is 3.91. The normalized spacial score (nSPS) is 15.0. The van der Waals surface area contributed by atoms with Crippen molar-refractivity contribution in [2.24, 2.45) is 0 Å². The van der Waals surface area contributed by atoms with Crippen LogP contribution in [0.25, 0.3) is 0 Å². The molecule has 6 heteroatoms. The third-order valence-electron chi connectivity index (χ3n) is 3.83. The van der Waals surface area contributed by atoms with E-state index < -0.39 is 5.97 Å². The first-order chi connectivity index (χ1) is 10.6. The maximum absolute atomic E-state index is 10.8. The molecule has 2 aromatic rings. The Balaban J connectivity index is 1.65. The highest BCUT2D eigenvalue weighted by Gasteiger charge is 2.19. The smallest absolute Gasteiger partial charge is 0.356 e. The number of anilines is 2. The summed E-state index contributed by atoms with van der Waals surface area (Å²) >= 11 is 0. The van der Waals surface area contributed by atoms with Crippen LogP contribution >= 0.6 is 0 Å². The van der Waals surface area contributed by atoms with Crippen molar-refractivity contribution in [3.63, 3.8) is 0 Å². The molecule has 1 aliphatic heterocycles. The number of carboxylic acids is 1. The third-order valence-corrected chi connectivity index (χ3v) is 3.83. The van der Waals surface area contributed by atoms with Crippen LogP contribution in [-0.4, -0.2) is 47.2 Å². The zero-order valence-corrected chi connectivity index (χ0v) is 12.4. The number of hydrogen-bond donors (Lipinski definition) is 1. The molecule has 0 amide bonds. The van der Waals surface area contributed by atoms with Gasteiger partial charge in [0, 0.05) is 31.9 Å². The van der Waals surface area contributed by atoms with Gasteiger partial charge in [-0.25, -0.2) is 14.8 Å². The molecule has 0 unspecified atom stereocenters. The predicted molar refractivity (Wildman–Crippen MR) is 84.6 cm³/mol. The van der Waals surface area contributed by atoms with Crippen molar-refractivity contribution in [2.45, 2.75) is 6.92 Å². The first-order valence-corrected chi connectivity index (χ1v) is 7.25. The highest BCUT2D eigenvalue weighted by atomic mass is 16.4. The summed E-state index contributed by atoms with van der Waals surface area (Å²) in [5, 5.41) is 8.85. The highest BCUT2D eigenvalue weighted by molar-refractivity contribution is 5.84. The number of carboxylic acid groups (broad SMARTS) is 1. The fourth-order valence-corrected chi connectivity index (χ4v) is 2.61. The van der Waals surface area contributed by atoms with Crippen LogP contribution in [0.15, 0.2) is 36.7 Å². The molecule has 0 saturated carbocycles. The van der Waals surface area contributed by atoms with Crippen molar-refractivity contribution in [2.75, 3.05) is 36.0 Å². The van der Waals surface area contributed by atoms with Crippen molar-refractivity contribution < 1.29 is 9.90 Å². The van der Waals surface area contributed by atoms with Gasteiger partial charge in [0.05, 0.1) is 12.4 Å². The summed E-state index contributed by atoms with van der Waals surface area (Å²) < 4.78 is 0. The van der Waals surface area contributed by atoms with E-state index in [0.717, 1.165) is 32.0 Å². The Labute approximate surface area is 129 Å². The van der Waals surface area contributed by atoms with Gasteiger partial charge in [0.2, 0.25) is 0 Å². The zero-order chi connectivity index (χ0) is 15.5. The van der Waals surface area contributed by atoms with E-state index in [4.69, 9.17) is 5.11 Å². The molecular weight excluding hydrogens is 280 g/mol. The van der Waals surface area contributed by atoms with Crippen molar-refractivity contribution >= 4 is 17.5 Å². The molecule has 3 rings (SSSR count). The Bertz CT molecular complexity index is 664. The first kappa shape index (κ1) is 14.3. The van der Waals surface area contributed by atoms with Crippen molar-refractivity contribution in [1.82, 2.24) is 9.97 Å². The van der Waals surface area contributed by atoms with Gasteiger partial charge in [0.15, 0.2) is 5.69 Å². The molecule has 6 nitrogen and oxygen atoms in total. The van der Waals surface area contributed by atoms with Gasteiger partial charge in [0.1, 0.15) is 5.82 Å². The fraction of sp³-hybridized carbons (Fsp3) is 0.312. The zero-order valence-electron chi connectivity index (χ0n) is 12.4. The maximum Gasteiger partial charge on any atom is 0.356 e. The molecule has 0 spiro atoms. The van der Waals surface area contributed by atoms with E-state index >= 15 is 0 Å². The molecule has 0 radical (unpaired) electrons.